The van der Waals surface area contributed by atoms with Crippen molar-refractivity contribution in [3.63, 3.8) is 0 Å². The lowest BCUT2D eigenvalue weighted by molar-refractivity contribution is 0.143. The van der Waals surface area contributed by atoms with Crippen molar-refractivity contribution in [3.8, 4) is 0 Å². The van der Waals surface area contributed by atoms with E-state index < -0.39 is 0 Å². The zero-order valence-electron chi connectivity index (χ0n) is 14.0. The van der Waals surface area contributed by atoms with Gasteiger partial charge in [0.15, 0.2) is 5.96 Å². The van der Waals surface area contributed by atoms with Gasteiger partial charge in [-0.25, -0.2) is 0 Å². The molecule has 1 fully saturated rings. The number of hydrogen-bond acceptors (Lipinski definition) is 2. The molecular weight excluding hydrogens is 377 g/mol. The van der Waals surface area contributed by atoms with Crippen LogP contribution in [0.4, 0.5) is 0 Å². The van der Waals surface area contributed by atoms with Gasteiger partial charge in [0.1, 0.15) is 0 Å². The molecule has 0 heterocycles. The standard InChI is InChI=1S/C16H33N3O.HI/c1-4-16(10-6-7-11-16)14-19-15(17-3)18-12-8-9-13-20-5-2;/h4-14H2,1-3H3,(H2,17,18,19);1H. The molecule has 0 bridgehead atoms. The first kappa shape index (κ1) is 21.0. The Labute approximate surface area is 147 Å². The predicted molar refractivity (Wildman–Crippen MR) is 102 cm³/mol. The Morgan fingerprint density at radius 1 is 1.14 bits per heavy atom. The fourth-order valence-electron chi connectivity index (χ4n) is 2.95. The second-order valence-electron chi connectivity index (χ2n) is 5.82. The van der Waals surface area contributed by atoms with Crippen LogP contribution in [0.1, 0.15) is 58.8 Å². The second kappa shape index (κ2) is 12.5. The van der Waals surface area contributed by atoms with Crippen LogP contribution < -0.4 is 10.6 Å². The van der Waals surface area contributed by atoms with Crippen LogP contribution in [0.5, 0.6) is 0 Å². The highest BCUT2D eigenvalue weighted by atomic mass is 127. The molecule has 5 heteroatoms. The summed E-state index contributed by atoms with van der Waals surface area (Å²) < 4.78 is 5.34. The molecule has 0 amide bonds. The minimum absolute atomic E-state index is 0. The summed E-state index contributed by atoms with van der Waals surface area (Å²) in [5, 5.41) is 6.91. The Balaban J connectivity index is 0.00000400. The lowest BCUT2D eigenvalue weighted by Gasteiger charge is -2.28. The van der Waals surface area contributed by atoms with Crippen molar-refractivity contribution in [2.45, 2.75) is 58.8 Å². The van der Waals surface area contributed by atoms with Gasteiger partial charge in [-0.3, -0.25) is 4.99 Å². The highest BCUT2D eigenvalue weighted by molar-refractivity contribution is 14.0. The number of guanidine groups is 1. The maximum Gasteiger partial charge on any atom is 0.190 e. The molecule has 0 saturated heterocycles. The van der Waals surface area contributed by atoms with E-state index in [-0.39, 0.29) is 24.0 Å². The minimum atomic E-state index is 0. The highest BCUT2D eigenvalue weighted by Gasteiger charge is 2.31. The van der Waals surface area contributed by atoms with Gasteiger partial charge in [0.25, 0.3) is 0 Å². The van der Waals surface area contributed by atoms with E-state index in [2.05, 4.69) is 22.5 Å². The Morgan fingerprint density at radius 2 is 1.86 bits per heavy atom. The van der Waals surface area contributed by atoms with E-state index in [0.717, 1.165) is 45.1 Å². The zero-order valence-corrected chi connectivity index (χ0v) is 16.4. The molecule has 1 rings (SSSR count). The van der Waals surface area contributed by atoms with Crippen molar-refractivity contribution < 1.29 is 4.74 Å². The molecule has 0 aromatic carbocycles. The third kappa shape index (κ3) is 8.24. The van der Waals surface area contributed by atoms with Crippen LogP contribution in [0.15, 0.2) is 4.99 Å². The number of nitrogens with one attached hydrogen (secondary N) is 2. The lowest BCUT2D eigenvalue weighted by atomic mass is 9.83. The van der Waals surface area contributed by atoms with Crippen molar-refractivity contribution in [1.29, 1.82) is 0 Å². The van der Waals surface area contributed by atoms with Gasteiger partial charge in [-0.05, 0) is 44.4 Å². The molecule has 0 aliphatic heterocycles. The third-order valence-electron chi connectivity index (χ3n) is 4.48. The van der Waals surface area contributed by atoms with Crippen LogP contribution >= 0.6 is 24.0 Å². The third-order valence-corrected chi connectivity index (χ3v) is 4.48. The average Bonchev–Trinajstić information content (AvgIpc) is 2.95. The van der Waals surface area contributed by atoms with Crippen LogP contribution in [0.25, 0.3) is 0 Å². The Morgan fingerprint density at radius 3 is 2.43 bits per heavy atom. The molecule has 1 aliphatic carbocycles. The summed E-state index contributed by atoms with van der Waals surface area (Å²) in [6.07, 6.45) is 9.00. The number of ether oxygens (including phenoxy) is 1. The summed E-state index contributed by atoms with van der Waals surface area (Å²) in [5.41, 5.74) is 0.507. The summed E-state index contributed by atoms with van der Waals surface area (Å²) in [6, 6.07) is 0. The molecule has 1 aliphatic rings. The fraction of sp³-hybridized carbons (Fsp3) is 0.938. The summed E-state index contributed by atoms with van der Waals surface area (Å²) >= 11 is 0. The predicted octanol–water partition coefficient (Wildman–Crippen LogP) is 3.56. The average molecular weight is 411 g/mol. The first-order chi connectivity index (χ1) is 9.76. The minimum Gasteiger partial charge on any atom is -0.382 e. The van der Waals surface area contributed by atoms with Crippen molar-refractivity contribution in [2.75, 3.05) is 33.4 Å². The van der Waals surface area contributed by atoms with Crippen LogP contribution in [-0.2, 0) is 4.74 Å². The summed E-state index contributed by atoms with van der Waals surface area (Å²) in [5.74, 6) is 0.945. The SMILES string of the molecule is CCOCCCCNC(=NC)NCC1(CC)CCCC1.I. The van der Waals surface area contributed by atoms with Gasteiger partial charge < -0.3 is 15.4 Å². The Bertz CT molecular complexity index is 279. The molecule has 2 N–H and O–H groups in total. The number of rotatable bonds is 9. The van der Waals surface area contributed by atoms with E-state index >= 15 is 0 Å². The van der Waals surface area contributed by atoms with Gasteiger partial charge in [0, 0.05) is 33.4 Å². The highest BCUT2D eigenvalue weighted by Crippen LogP contribution is 2.40. The van der Waals surface area contributed by atoms with Crippen molar-refractivity contribution >= 4 is 29.9 Å². The van der Waals surface area contributed by atoms with Crippen LogP contribution in [0, 0.1) is 5.41 Å². The lowest BCUT2D eigenvalue weighted by Crippen LogP contribution is -2.43. The zero-order chi connectivity index (χ0) is 14.7. The molecule has 0 unspecified atom stereocenters. The number of unbranched alkanes of at least 4 members (excludes halogenated alkanes) is 1. The van der Waals surface area contributed by atoms with E-state index in [0.29, 0.717) is 5.41 Å². The van der Waals surface area contributed by atoms with Crippen molar-refractivity contribution in [2.24, 2.45) is 10.4 Å². The maximum atomic E-state index is 5.34. The number of aliphatic imine (C=N–C) groups is 1. The quantitative estimate of drug-likeness (QED) is 0.264. The van der Waals surface area contributed by atoms with Crippen LogP contribution in [0.2, 0.25) is 0 Å². The van der Waals surface area contributed by atoms with E-state index in [4.69, 9.17) is 4.74 Å². The van der Waals surface area contributed by atoms with E-state index in [1.807, 2.05) is 14.0 Å². The molecule has 0 atom stereocenters. The molecule has 4 nitrogen and oxygen atoms in total. The van der Waals surface area contributed by atoms with E-state index in [1.165, 1.54) is 32.1 Å². The molecular formula is C16H34IN3O. The van der Waals surface area contributed by atoms with Gasteiger partial charge in [-0.1, -0.05) is 19.8 Å². The largest absolute Gasteiger partial charge is 0.382 e. The summed E-state index contributed by atoms with van der Waals surface area (Å²) in [7, 11) is 1.85. The summed E-state index contributed by atoms with van der Waals surface area (Å²) in [4.78, 5) is 4.31. The molecule has 21 heavy (non-hydrogen) atoms. The number of hydrogen-bond donors (Lipinski definition) is 2. The fourth-order valence-corrected chi connectivity index (χ4v) is 2.95. The first-order valence-corrected chi connectivity index (χ1v) is 8.28. The topological polar surface area (TPSA) is 45.6 Å². The first-order valence-electron chi connectivity index (χ1n) is 8.28. The van der Waals surface area contributed by atoms with Gasteiger partial charge in [-0.15, -0.1) is 24.0 Å². The van der Waals surface area contributed by atoms with Crippen molar-refractivity contribution in [3.05, 3.63) is 0 Å². The van der Waals surface area contributed by atoms with E-state index in [1.54, 1.807) is 0 Å². The van der Waals surface area contributed by atoms with Crippen LogP contribution in [-0.4, -0.2) is 39.3 Å². The van der Waals surface area contributed by atoms with E-state index in [9.17, 15) is 0 Å². The van der Waals surface area contributed by atoms with Gasteiger partial charge in [0.2, 0.25) is 0 Å². The van der Waals surface area contributed by atoms with Crippen LogP contribution in [0.3, 0.4) is 0 Å². The smallest absolute Gasteiger partial charge is 0.190 e. The number of nitrogens with zero attached hydrogens (tertiary/aromatic N) is 1. The molecule has 0 aromatic rings. The molecule has 126 valence electrons. The van der Waals surface area contributed by atoms with Gasteiger partial charge >= 0.3 is 0 Å². The van der Waals surface area contributed by atoms with Crippen molar-refractivity contribution in [1.82, 2.24) is 10.6 Å². The maximum absolute atomic E-state index is 5.34. The molecule has 1 saturated carbocycles. The molecule has 0 aromatic heterocycles. The molecule has 0 radical (unpaired) electrons. The van der Waals surface area contributed by atoms with Gasteiger partial charge in [-0.2, -0.15) is 0 Å². The number of halogens is 1. The summed E-state index contributed by atoms with van der Waals surface area (Å²) in [6.45, 7) is 8.06. The second-order valence-corrected chi connectivity index (χ2v) is 5.82. The molecule has 0 spiro atoms. The Hall–Kier alpha value is -0.0400. The Kier molecular flexibility index (Phi) is 12.5. The normalized spacial score (nSPS) is 17.4. The monoisotopic (exact) mass is 411 g/mol. The van der Waals surface area contributed by atoms with Gasteiger partial charge in [0.05, 0.1) is 0 Å².